The zero-order valence-electron chi connectivity index (χ0n) is 16.7. The number of furan rings is 1. The molecule has 2 aliphatic rings. The number of nitrogens with one attached hydrogen (secondary N) is 2. The fraction of sp³-hybridized carbons (Fsp3) is 0.364. The molecule has 6 nitrogen and oxygen atoms in total. The number of anilines is 3. The van der Waals surface area contributed by atoms with Gasteiger partial charge in [-0.3, -0.25) is 4.90 Å². The van der Waals surface area contributed by atoms with Gasteiger partial charge >= 0.3 is 6.18 Å². The van der Waals surface area contributed by atoms with E-state index < -0.39 is 11.7 Å². The molecule has 0 unspecified atom stereocenters. The van der Waals surface area contributed by atoms with Gasteiger partial charge in [-0.15, -0.1) is 0 Å². The SMILES string of the molecule is FC(F)(F)c1cnc(Nc2ccc3c(c2)CN(Cc2ccco2)CC3)nc1NC1CC1. The average molecular weight is 429 g/mol. The molecule has 2 N–H and O–H groups in total. The van der Waals surface area contributed by atoms with Crippen molar-refractivity contribution in [3.8, 4) is 0 Å². The summed E-state index contributed by atoms with van der Waals surface area (Å²) in [5.41, 5.74) is 2.34. The largest absolute Gasteiger partial charge is 0.468 e. The van der Waals surface area contributed by atoms with Crippen LogP contribution in [-0.2, 0) is 25.7 Å². The molecule has 5 rings (SSSR count). The molecule has 1 fully saturated rings. The van der Waals surface area contributed by atoms with E-state index in [4.69, 9.17) is 4.42 Å². The molecule has 0 spiro atoms. The van der Waals surface area contributed by atoms with E-state index in [-0.39, 0.29) is 17.8 Å². The van der Waals surface area contributed by atoms with Gasteiger partial charge in [-0.1, -0.05) is 6.07 Å². The quantitative estimate of drug-likeness (QED) is 0.577. The van der Waals surface area contributed by atoms with E-state index in [0.29, 0.717) is 0 Å². The third-order valence-corrected chi connectivity index (χ3v) is 5.53. The molecule has 9 heteroatoms. The van der Waals surface area contributed by atoms with Gasteiger partial charge < -0.3 is 15.1 Å². The Bertz CT molecular complexity index is 1060. The zero-order chi connectivity index (χ0) is 21.4. The minimum absolute atomic E-state index is 0.0488. The van der Waals surface area contributed by atoms with Crippen molar-refractivity contribution in [2.24, 2.45) is 0 Å². The van der Waals surface area contributed by atoms with Crippen LogP contribution in [0, 0.1) is 0 Å². The van der Waals surface area contributed by atoms with Crippen molar-refractivity contribution < 1.29 is 17.6 Å². The van der Waals surface area contributed by atoms with Crippen LogP contribution in [0.2, 0.25) is 0 Å². The highest BCUT2D eigenvalue weighted by Crippen LogP contribution is 2.36. The van der Waals surface area contributed by atoms with Gasteiger partial charge in [0.25, 0.3) is 0 Å². The van der Waals surface area contributed by atoms with Crippen molar-refractivity contribution in [3.63, 3.8) is 0 Å². The first-order valence-electron chi connectivity index (χ1n) is 10.3. The van der Waals surface area contributed by atoms with Crippen LogP contribution >= 0.6 is 0 Å². The number of aromatic nitrogens is 2. The van der Waals surface area contributed by atoms with Crippen LogP contribution in [0.5, 0.6) is 0 Å². The van der Waals surface area contributed by atoms with Crippen molar-refractivity contribution in [3.05, 3.63) is 65.2 Å². The lowest BCUT2D eigenvalue weighted by Gasteiger charge is -2.28. The molecule has 3 aromatic rings. The number of rotatable bonds is 6. The maximum atomic E-state index is 13.3. The first-order valence-corrected chi connectivity index (χ1v) is 10.3. The highest BCUT2D eigenvalue weighted by molar-refractivity contribution is 5.59. The molecule has 0 bridgehead atoms. The van der Waals surface area contributed by atoms with Crippen LogP contribution in [0.15, 0.2) is 47.2 Å². The minimum Gasteiger partial charge on any atom is -0.468 e. The van der Waals surface area contributed by atoms with Crippen LogP contribution in [0.1, 0.15) is 35.3 Å². The summed E-state index contributed by atoms with van der Waals surface area (Å²) in [5.74, 6) is 0.890. The number of benzene rings is 1. The Kier molecular flexibility index (Phi) is 5.05. The second kappa shape index (κ2) is 7.88. The summed E-state index contributed by atoms with van der Waals surface area (Å²) in [4.78, 5) is 10.3. The molecule has 1 aliphatic carbocycles. The molecule has 0 saturated heterocycles. The van der Waals surface area contributed by atoms with Gasteiger partial charge in [0.15, 0.2) is 0 Å². The molecule has 1 saturated carbocycles. The Morgan fingerprint density at radius 1 is 1.16 bits per heavy atom. The number of halogens is 3. The van der Waals surface area contributed by atoms with Crippen LogP contribution in [0.4, 0.5) is 30.6 Å². The first kappa shape index (κ1) is 19.9. The first-order chi connectivity index (χ1) is 14.9. The third kappa shape index (κ3) is 4.66. The maximum absolute atomic E-state index is 13.3. The molecule has 0 amide bonds. The van der Waals surface area contributed by atoms with E-state index in [2.05, 4.69) is 31.6 Å². The Hall–Kier alpha value is -3.07. The summed E-state index contributed by atoms with van der Waals surface area (Å²) in [6, 6.07) is 9.87. The normalized spacial score (nSPS) is 16.7. The fourth-order valence-electron chi connectivity index (χ4n) is 3.76. The molecule has 3 heterocycles. The topological polar surface area (TPSA) is 66.2 Å². The van der Waals surface area contributed by atoms with Crippen LogP contribution in [-0.4, -0.2) is 27.5 Å². The molecule has 162 valence electrons. The van der Waals surface area contributed by atoms with E-state index in [1.54, 1.807) is 6.26 Å². The van der Waals surface area contributed by atoms with Gasteiger partial charge in [0.2, 0.25) is 5.95 Å². The van der Waals surface area contributed by atoms with Gasteiger partial charge in [-0.05, 0) is 54.7 Å². The van der Waals surface area contributed by atoms with Crippen molar-refractivity contribution >= 4 is 17.5 Å². The molecule has 0 atom stereocenters. The molecular weight excluding hydrogens is 407 g/mol. The molecule has 0 radical (unpaired) electrons. The number of hydrogen-bond donors (Lipinski definition) is 2. The Balaban J connectivity index is 1.33. The van der Waals surface area contributed by atoms with Gasteiger partial charge in [-0.25, -0.2) is 4.98 Å². The van der Waals surface area contributed by atoms with Crippen molar-refractivity contribution in [2.75, 3.05) is 17.2 Å². The Morgan fingerprint density at radius 3 is 2.77 bits per heavy atom. The van der Waals surface area contributed by atoms with Crippen LogP contribution in [0.3, 0.4) is 0 Å². The van der Waals surface area contributed by atoms with Crippen LogP contribution in [0.25, 0.3) is 0 Å². The lowest BCUT2D eigenvalue weighted by molar-refractivity contribution is -0.137. The summed E-state index contributed by atoms with van der Waals surface area (Å²) in [7, 11) is 0. The van der Waals surface area contributed by atoms with Gasteiger partial charge in [0, 0.05) is 31.0 Å². The highest BCUT2D eigenvalue weighted by atomic mass is 19.4. The third-order valence-electron chi connectivity index (χ3n) is 5.53. The van der Waals surface area contributed by atoms with Gasteiger partial charge in [-0.2, -0.15) is 18.2 Å². The monoisotopic (exact) mass is 429 g/mol. The number of fused-ring (bicyclic) bond motifs is 1. The molecular formula is C22H22F3N5O. The standard InChI is InChI=1S/C22H22F3N5O/c23-22(24,25)19-11-26-21(29-20(19)27-16-5-6-16)28-17-4-3-14-7-8-30(12-15(14)10-17)13-18-2-1-9-31-18/h1-4,9-11,16H,5-8,12-13H2,(H2,26,27,28,29). The smallest absolute Gasteiger partial charge is 0.421 e. The second-order valence-electron chi connectivity index (χ2n) is 8.02. The fourth-order valence-corrected chi connectivity index (χ4v) is 3.76. The molecule has 2 aromatic heterocycles. The van der Waals surface area contributed by atoms with Crippen molar-refractivity contribution in [2.45, 2.75) is 44.6 Å². The Morgan fingerprint density at radius 2 is 2.03 bits per heavy atom. The summed E-state index contributed by atoms with van der Waals surface area (Å²) < 4.78 is 45.3. The minimum atomic E-state index is -4.50. The maximum Gasteiger partial charge on any atom is 0.421 e. The predicted octanol–water partition coefficient (Wildman–Crippen LogP) is 4.96. The highest BCUT2D eigenvalue weighted by Gasteiger charge is 2.37. The lowest BCUT2D eigenvalue weighted by Crippen LogP contribution is -2.29. The van der Waals surface area contributed by atoms with Gasteiger partial charge in [0.05, 0.1) is 12.8 Å². The van der Waals surface area contributed by atoms with E-state index in [0.717, 1.165) is 56.5 Å². The summed E-state index contributed by atoms with van der Waals surface area (Å²) >= 11 is 0. The molecule has 31 heavy (non-hydrogen) atoms. The average Bonchev–Trinajstić information content (AvgIpc) is 3.39. The predicted molar refractivity (Wildman–Crippen MR) is 110 cm³/mol. The van der Waals surface area contributed by atoms with Crippen molar-refractivity contribution in [1.82, 2.24) is 14.9 Å². The van der Waals surface area contributed by atoms with E-state index in [1.807, 2.05) is 24.3 Å². The van der Waals surface area contributed by atoms with Crippen LogP contribution < -0.4 is 10.6 Å². The lowest BCUT2D eigenvalue weighted by atomic mass is 9.99. The molecule has 1 aliphatic heterocycles. The zero-order valence-corrected chi connectivity index (χ0v) is 16.7. The summed E-state index contributed by atoms with van der Waals surface area (Å²) in [6.07, 6.45) is 0.642. The van der Waals surface area contributed by atoms with E-state index in [1.165, 1.54) is 11.1 Å². The Labute approximate surface area is 177 Å². The van der Waals surface area contributed by atoms with E-state index in [9.17, 15) is 13.2 Å². The summed E-state index contributed by atoms with van der Waals surface area (Å²) in [5, 5.41) is 5.93. The number of hydrogen-bond acceptors (Lipinski definition) is 6. The summed E-state index contributed by atoms with van der Waals surface area (Å²) in [6.45, 7) is 2.45. The molecule has 1 aromatic carbocycles. The second-order valence-corrected chi connectivity index (χ2v) is 8.02. The van der Waals surface area contributed by atoms with E-state index >= 15 is 0 Å². The number of alkyl halides is 3. The van der Waals surface area contributed by atoms with Crippen molar-refractivity contribution in [1.29, 1.82) is 0 Å². The van der Waals surface area contributed by atoms with Gasteiger partial charge in [0.1, 0.15) is 17.1 Å². The number of nitrogens with zero attached hydrogens (tertiary/aromatic N) is 3.